The molecule has 0 unspecified atom stereocenters. The summed E-state index contributed by atoms with van der Waals surface area (Å²) in [4.78, 5) is 0. The molecule has 1 nitrogen and oxygen atoms in total. The maximum Gasteiger partial charge on any atom is 0.274 e. The number of rotatable bonds is 4. The predicted molar refractivity (Wildman–Crippen MR) is 37.1 cm³/mol. The van der Waals surface area contributed by atoms with E-state index in [1.807, 2.05) is 0 Å². The monoisotopic (exact) mass is 168 g/mol. The van der Waals surface area contributed by atoms with E-state index < -0.39 is 18.4 Å². The van der Waals surface area contributed by atoms with Crippen molar-refractivity contribution in [2.75, 3.05) is 12.9 Å². The van der Waals surface area contributed by atoms with Crippen molar-refractivity contribution < 1.29 is 13.0 Å². The molecule has 0 amide bonds. The summed E-state index contributed by atoms with van der Waals surface area (Å²) in [7, 11) is 0. The van der Waals surface area contributed by atoms with Crippen molar-refractivity contribution in [2.24, 2.45) is 5.92 Å². The highest BCUT2D eigenvalue weighted by molar-refractivity contribution is 7.93. The van der Waals surface area contributed by atoms with Gasteiger partial charge in [-0.05, 0) is 24.9 Å². The molecule has 1 aliphatic rings. The van der Waals surface area contributed by atoms with Gasteiger partial charge in [0.15, 0.2) is 0 Å². The molecule has 1 fully saturated rings. The molecule has 60 valence electrons. The lowest BCUT2D eigenvalue weighted by Gasteiger charge is -2.13. The fourth-order valence-electron chi connectivity index (χ4n) is 0.761. The van der Waals surface area contributed by atoms with Gasteiger partial charge in [-0.2, -0.15) is 0 Å². The average molecular weight is 168 g/mol. The van der Waals surface area contributed by atoms with Crippen LogP contribution in [0.4, 0.5) is 8.78 Å². The van der Waals surface area contributed by atoms with Crippen LogP contribution in [0.3, 0.4) is 0 Å². The minimum atomic E-state index is -2.58. The van der Waals surface area contributed by atoms with Crippen LogP contribution in [0.25, 0.3) is 0 Å². The summed E-state index contributed by atoms with van der Waals surface area (Å²) in [5.41, 5.74) is 0. The highest BCUT2D eigenvalue weighted by Gasteiger charge is 2.46. The number of alkyl halides is 2. The van der Waals surface area contributed by atoms with Crippen molar-refractivity contribution >= 4 is 12.0 Å². The second kappa shape index (κ2) is 3.05. The fourth-order valence-corrected chi connectivity index (χ4v) is 1.04. The van der Waals surface area contributed by atoms with Gasteiger partial charge in [0.2, 0.25) is 0 Å². The molecule has 0 spiro atoms. The van der Waals surface area contributed by atoms with E-state index in [-0.39, 0.29) is 0 Å². The van der Waals surface area contributed by atoms with E-state index >= 15 is 0 Å². The molecule has 0 aromatic carbocycles. The SMILES string of the molecule is CSOCC(F)(F)C1CC1. The molecule has 1 aliphatic carbocycles. The van der Waals surface area contributed by atoms with Gasteiger partial charge in [0, 0.05) is 12.2 Å². The second-order valence-electron chi connectivity index (χ2n) is 2.46. The fraction of sp³-hybridized carbons (Fsp3) is 1.00. The largest absolute Gasteiger partial charge is 0.309 e. The van der Waals surface area contributed by atoms with E-state index in [1.165, 1.54) is 0 Å². The first-order chi connectivity index (χ1) is 4.67. The molecule has 0 aromatic rings. The molecule has 10 heavy (non-hydrogen) atoms. The maximum atomic E-state index is 12.7. The zero-order valence-electron chi connectivity index (χ0n) is 5.77. The van der Waals surface area contributed by atoms with Crippen molar-refractivity contribution in [3.8, 4) is 0 Å². The normalized spacial score (nSPS) is 19.5. The molecule has 0 N–H and O–H groups in total. The lowest BCUT2D eigenvalue weighted by Crippen LogP contribution is -2.24. The van der Waals surface area contributed by atoms with Gasteiger partial charge in [-0.25, -0.2) is 8.78 Å². The quantitative estimate of drug-likeness (QED) is 0.596. The topological polar surface area (TPSA) is 9.23 Å². The molecule has 4 heteroatoms. The molecule has 1 saturated carbocycles. The zero-order valence-corrected chi connectivity index (χ0v) is 6.59. The van der Waals surface area contributed by atoms with Gasteiger partial charge in [-0.15, -0.1) is 0 Å². The Hall–Kier alpha value is 0.170. The van der Waals surface area contributed by atoms with Crippen LogP contribution >= 0.6 is 12.0 Å². The first kappa shape index (κ1) is 8.27. The molecule has 0 atom stereocenters. The number of hydrogen-bond donors (Lipinski definition) is 0. The Morgan fingerprint density at radius 1 is 1.60 bits per heavy atom. The van der Waals surface area contributed by atoms with Crippen LogP contribution in [-0.2, 0) is 4.18 Å². The maximum absolute atomic E-state index is 12.7. The van der Waals surface area contributed by atoms with Gasteiger partial charge in [0.1, 0.15) is 6.61 Å². The van der Waals surface area contributed by atoms with Crippen LogP contribution in [-0.4, -0.2) is 18.8 Å². The summed E-state index contributed by atoms with van der Waals surface area (Å²) >= 11 is 0.994. The van der Waals surface area contributed by atoms with E-state index in [0.717, 1.165) is 12.0 Å². The Labute approximate surface area is 63.3 Å². The molecule has 0 bridgehead atoms. The third-order valence-corrected chi connectivity index (χ3v) is 1.90. The minimum Gasteiger partial charge on any atom is -0.309 e. The van der Waals surface area contributed by atoms with E-state index in [4.69, 9.17) is 0 Å². The average Bonchev–Trinajstić information content (AvgIpc) is 2.64. The van der Waals surface area contributed by atoms with E-state index in [2.05, 4.69) is 4.18 Å². The molecular weight excluding hydrogens is 158 g/mol. The Kier molecular flexibility index (Phi) is 2.52. The first-order valence-corrected chi connectivity index (χ1v) is 4.35. The summed E-state index contributed by atoms with van der Waals surface area (Å²) in [6.07, 6.45) is 2.96. The third kappa shape index (κ3) is 2.09. The van der Waals surface area contributed by atoms with Crippen molar-refractivity contribution in [1.82, 2.24) is 0 Å². The van der Waals surface area contributed by atoms with Gasteiger partial charge < -0.3 is 4.18 Å². The van der Waals surface area contributed by atoms with E-state index in [1.54, 1.807) is 6.26 Å². The Bertz CT molecular complexity index is 114. The lowest BCUT2D eigenvalue weighted by atomic mass is 10.2. The van der Waals surface area contributed by atoms with Crippen molar-refractivity contribution in [1.29, 1.82) is 0 Å². The van der Waals surface area contributed by atoms with Crippen molar-refractivity contribution in [2.45, 2.75) is 18.8 Å². The molecule has 0 heterocycles. The number of hydrogen-bond acceptors (Lipinski definition) is 2. The third-order valence-electron chi connectivity index (χ3n) is 1.54. The van der Waals surface area contributed by atoms with Gasteiger partial charge >= 0.3 is 0 Å². The number of halogens is 2. The summed E-state index contributed by atoms with van der Waals surface area (Å²) < 4.78 is 29.9. The van der Waals surface area contributed by atoms with Gasteiger partial charge in [0.05, 0.1) is 0 Å². The summed E-state index contributed by atoms with van der Waals surface area (Å²) in [6.45, 7) is -0.432. The van der Waals surface area contributed by atoms with Crippen molar-refractivity contribution in [3.05, 3.63) is 0 Å². The highest BCUT2D eigenvalue weighted by Crippen LogP contribution is 2.43. The van der Waals surface area contributed by atoms with Crippen LogP contribution in [0.2, 0.25) is 0 Å². The van der Waals surface area contributed by atoms with Crippen LogP contribution in [0.5, 0.6) is 0 Å². The van der Waals surface area contributed by atoms with Gasteiger partial charge in [-0.1, -0.05) is 0 Å². The van der Waals surface area contributed by atoms with Crippen LogP contribution < -0.4 is 0 Å². The van der Waals surface area contributed by atoms with E-state index in [9.17, 15) is 8.78 Å². The Morgan fingerprint density at radius 2 is 2.20 bits per heavy atom. The first-order valence-electron chi connectivity index (χ1n) is 3.20. The van der Waals surface area contributed by atoms with Crippen LogP contribution in [0.15, 0.2) is 0 Å². The van der Waals surface area contributed by atoms with Crippen molar-refractivity contribution in [3.63, 3.8) is 0 Å². The molecule has 0 aliphatic heterocycles. The Balaban J connectivity index is 2.20. The Morgan fingerprint density at radius 3 is 2.60 bits per heavy atom. The van der Waals surface area contributed by atoms with Gasteiger partial charge in [-0.3, -0.25) is 0 Å². The summed E-state index contributed by atoms with van der Waals surface area (Å²) in [5.74, 6) is -2.98. The summed E-state index contributed by atoms with van der Waals surface area (Å²) in [5, 5.41) is 0. The molecule has 0 aromatic heterocycles. The van der Waals surface area contributed by atoms with E-state index in [0.29, 0.717) is 12.8 Å². The molecule has 1 rings (SSSR count). The highest BCUT2D eigenvalue weighted by atomic mass is 32.2. The van der Waals surface area contributed by atoms with Gasteiger partial charge in [0.25, 0.3) is 5.92 Å². The zero-order chi connectivity index (χ0) is 7.61. The second-order valence-corrected chi connectivity index (χ2v) is 3.03. The standard InChI is InChI=1S/C6H10F2OS/c1-10-9-4-6(7,8)5-2-3-5/h5H,2-4H2,1H3. The van der Waals surface area contributed by atoms with Crippen LogP contribution in [0, 0.1) is 5.92 Å². The molecule has 0 radical (unpaired) electrons. The van der Waals surface area contributed by atoms with Crippen LogP contribution in [0.1, 0.15) is 12.8 Å². The summed E-state index contributed by atoms with van der Waals surface area (Å²) in [6, 6.07) is 0. The lowest BCUT2D eigenvalue weighted by molar-refractivity contribution is -0.0553. The molecule has 0 saturated heterocycles. The molecular formula is C6H10F2OS. The predicted octanol–water partition coefficient (Wildman–Crippen LogP) is 2.33. The minimum absolute atomic E-state index is 0.403. The smallest absolute Gasteiger partial charge is 0.274 e.